The smallest absolute Gasteiger partial charge is 0.0476 e. The van der Waals surface area contributed by atoms with Crippen molar-refractivity contribution in [2.24, 2.45) is 5.92 Å². The van der Waals surface area contributed by atoms with Gasteiger partial charge in [0.15, 0.2) is 0 Å². The van der Waals surface area contributed by atoms with Gasteiger partial charge in [-0.3, -0.25) is 0 Å². The van der Waals surface area contributed by atoms with E-state index in [1.165, 1.54) is 16.0 Å². The predicted molar refractivity (Wildman–Crippen MR) is 86.6 cm³/mol. The minimum absolute atomic E-state index is 0.241. The van der Waals surface area contributed by atoms with E-state index in [0.29, 0.717) is 11.8 Å². The fourth-order valence-corrected chi connectivity index (χ4v) is 3.89. The minimum Gasteiger partial charge on any atom is -0.396 e. The van der Waals surface area contributed by atoms with Gasteiger partial charge in [0, 0.05) is 29.1 Å². The Morgan fingerprint density at radius 3 is 2.25 bits per heavy atom. The maximum Gasteiger partial charge on any atom is 0.0476 e. The molecule has 2 aromatic carbocycles. The Morgan fingerprint density at radius 1 is 0.950 bits per heavy atom. The highest BCUT2D eigenvalue weighted by Gasteiger charge is 2.26. The van der Waals surface area contributed by atoms with Gasteiger partial charge in [-0.1, -0.05) is 66.7 Å². The first-order valence-electron chi connectivity index (χ1n) is 6.94. The van der Waals surface area contributed by atoms with Crippen LogP contribution in [-0.2, 0) is 0 Å². The van der Waals surface area contributed by atoms with Crippen LogP contribution in [0.4, 0.5) is 0 Å². The van der Waals surface area contributed by atoms with Crippen LogP contribution in [0, 0.1) is 5.92 Å². The van der Waals surface area contributed by atoms with Crippen LogP contribution in [0.1, 0.15) is 17.0 Å². The van der Waals surface area contributed by atoms with Gasteiger partial charge in [-0.15, -0.1) is 11.8 Å². The van der Waals surface area contributed by atoms with Crippen LogP contribution in [-0.4, -0.2) is 17.5 Å². The fourth-order valence-electron chi connectivity index (χ4n) is 2.64. The Kier molecular flexibility index (Phi) is 4.24. The molecule has 1 aliphatic heterocycles. The van der Waals surface area contributed by atoms with E-state index in [1.54, 1.807) is 0 Å². The zero-order valence-electron chi connectivity index (χ0n) is 11.3. The first-order valence-corrected chi connectivity index (χ1v) is 7.93. The van der Waals surface area contributed by atoms with Crippen molar-refractivity contribution in [2.45, 2.75) is 5.92 Å². The number of hydrogen-bond donors (Lipinski definition) is 1. The number of aliphatic hydroxyl groups is 1. The molecule has 2 aromatic rings. The van der Waals surface area contributed by atoms with Gasteiger partial charge < -0.3 is 5.11 Å². The normalized spacial score (nSPS) is 22.4. The predicted octanol–water partition coefficient (Wildman–Crippen LogP) is 4.17. The third-order valence-electron chi connectivity index (χ3n) is 3.77. The van der Waals surface area contributed by atoms with Gasteiger partial charge in [-0.05, 0) is 11.1 Å². The molecule has 0 aromatic heterocycles. The molecular formula is C18H18OS. The van der Waals surface area contributed by atoms with E-state index >= 15 is 0 Å². The van der Waals surface area contributed by atoms with Crippen molar-refractivity contribution < 1.29 is 5.11 Å². The van der Waals surface area contributed by atoms with Crippen molar-refractivity contribution in [3.63, 3.8) is 0 Å². The molecule has 0 radical (unpaired) electrons. The summed E-state index contributed by atoms with van der Waals surface area (Å²) in [6.45, 7) is 0.241. The molecule has 0 spiro atoms. The summed E-state index contributed by atoms with van der Waals surface area (Å²) in [4.78, 5) is 1.32. The molecule has 102 valence electrons. The topological polar surface area (TPSA) is 20.2 Å². The van der Waals surface area contributed by atoms with Crippen LogP contribution in [0.25, 0.3) is 4.91 Å². The highest BCUT2D eigenvalue weighted by Crippen LogP contribution is 2.42. The summed E-state index contributed by atoms with van der Waals surface area (Å²) in [5, 5.41) is 9.64. The van der Waals surface area contributed by atoms with Gasteiger partial charge in [-0.2, -0.15) is 0 Å². The molecule has 0 aliphatic carbocycles. The first-order chi connectivity index (χ1) is 9.88. The van der Waals surface area contributed by atoms with Crippen LogP contribution in [0.15, 0.2) is 66.7 Å². The molecule has 1 N–H and O–H groups in total. The highest BCUT2D eigenvalue weighted by molar-refractivity contribution is 8.08. The largest absolute Gasteiger partial charge is 0.396 e. The standard InChI is InChI=1S/C18H18OS/c19-12-16-13-20-18(15-9-5-2-6-10-15)11-17(16)14-7-3-1-4-8-14/h1-11,16-17,19H,12-13H2/t16-,17-/m1/s1. The summed E-state index contributed by atoms with van der Waals surface area (Å²) in [6.07, 6.45) is 2.32. The van der Waals surface area contributed by atoms with Crippen molar-refractivity contribution in [3.05, 3.63) is 77.9 Å². The quantitative estimate of drug-likeness (QED) is 0.912. The number of hydrogen-bond acceptors (Lipinski definition) is 2. The van der Waals surface area contributed by atoms with E-state index in [9.17, 15) is 5.11 Å². The molecule has 0 saturated carbocycles. The molecule has 0 fully saturated rings. The van der Waals surface area contributed by atoms with Gasteiger partial charge in [0.2, 0.25) is 0 Å². The van der Waals surface area contributed by atoms with E-state index in [1.807, 2.05) is 23.9 Å². The maximum atomic E-state index is 9.64. The summed E-state index contributed by atoms with van der Waals surface area (Å²) in [5.41, 5.74) is 2.56. The van der Waals surface area contributed by atoms with Crippen molar-refractivity contribution >= 4 is 16.7 Å². The number of rotatable bonds is 3. The van der Waals surface area contributed by atoms with Crippen LogP contribution < -0.4 is 0 Å². The monoisotopic (exact) mass is 282 g/mol. The Balaban J connectivity index is 1.96. The van der Waals surface area contributed by atoms with Crippen molar-refractivity contribution in [3.8, 4) is 0 Å². The maximum absolute atomic E-state index is 9.64. The lowest BCUT2D eigenvalue weighted by molar-refractivity contribution is 0.229. The SMILES string of the molecule is OC[C@@H]1CSC(c2ccccc2)=C[C@@H]1c1ccccc1. The second-order valence-electron chi connectivity index (χ2n) is 5.09. The van der Waals surface area contributed by atoms with Crippen LogP contribution >= 0.6 is 11.8 Å². The van der Waals surface area contributed by atoms with Crippen LogP contribution in [0.3, 0.4) is 0 Å². The second kappa shape index (κ2) is 6.29. The molecule has 1 aliphatic rings. The molecule has 0 saturated heterocycles. The van der Waals surface area contributed by atoms with Gasteiger partial charge in [0.1, 0.15) is 0 Å². The summed E-state index contributed by atoms with van der Waals surface area (Å²) < 4.78 is 0. The molecule has 1 heterocycles. The molecule has 3 rings (SSSR count). The zero-order valence-corrected chi connectivity index (χ0v) is 12.1. The van der Waals surface area contributed by atoms with Gasteiger partial charge in [0.05, 0.1) is 0 Å². The molecule has 2 atom stereocenters. The fraction of sp³-hybridized carbons (Fsp3) is 0.222. The highest BCUT2D eigenvalue weighted by atomic mass is 32.2. The molecule has 2 heteroatoms. The van der Waals surface area contributed by atoms with E-state index in [4.69, 9.17) is 0 Å². The first kappa shape index (κ1) is 13.5. The van der Waals surface area contributed by atoms with Crippen LogP contribution in [0.2, 0.25) is 0 Å². The van der Waals surface area contributed by atoms with Gasteiger partial charge in [-0.25, -0.2) is 0 Å². The molecule has 0 amide bonds. The van der Waals surface area contributed by atoms with Gasteiger partial charge >= 0.3 is 0 Å². The molecule has 20 heavy (non-hydrogen) atoms. The van der Waals surface area contributed by atoms with Crippen molar-refractivity contribution in [1.29, 1.82) is 0 Å². The Labute approximate surface area is 124 Å². The van der Waals surface area contributed by atoms with Crippen molar-refractivity contribution in [2.75, 3.05) is 12.4 Å². The summed E-state index contributed by atoms with van der Waals surface area (Å²) in [5.74, 6) is 1.57. The van der Waals surface area contributed by atoms with E-state index in [2.05, 4.69) is 54.6 Å². The Morgan fingerprint density at radius 2 is 1.60 bits per heavy atom. The average Bonchev–Trinajstić information content (AvgIpc) is 2.56. The Bertz CT molecular complexity index is 577. The minimum atomic E-state index is 0.241. The van der Waals surface area contributed by atoms with E-state index < -0.39 is 0 Å². The molecule has 1 nitrogen and oxygen atoms in total. The third kappa shape index (κ3) is 2.82. The Hall–Kier alpha value is -1.51. The zero-order chi connectivity index (χ0) is 13.8. The number of allylic oxidation sites excluding steroid dienone is 1. The lowest BCUT2D eigenvalue weighted by Crippen LogP contribution is -2.21. The average molecular weight is 282 g/mol. The lowest BCUT2D eigenvalue weighted by Gasteiger charge is -2.29. The number of benzene rings is 2. The number of thioether (sulfide) groups is 1. The van der Waals surface area contributed by atoms with Crippen molar-refractivity contribution in [1.82, 2.24) is 0 Å². The summed E-state index contributed by atoms with van der Waals surface area (Å²) in [7, 11) is 0. The van der Waals surface area contributed by atoms with Crippen LogP contribution in [0.5, 0.6) is 0 Å². The lowest BCUT2D eigenvalue weighted by atomic mass is 9.86. The van der Waals surface area contributed by atoms with Gasteiger partial charge in [0.25, 0.3) is 0 Å². The third-order valence-corrected chi connectivity index (χ3v) is 5.05. The molecule has 0 unspecified atom stereocenters. The van der Waals surface area contributed by atoms with E-state index in [-0.39, 0.29) is 6.61 Å². The summed E-state index contributed by atoms with van der Waals surface area (Å²) >= 11 is 1.85. The molecule has 0 bridgehead atoms. The number of aliphatic hydroxyl groups excluding tert-OH is 1. The molecular weight excluding hydrogens is 264 g/mol. The second-order valence-corrected chi connectivity index (χ2v) is 6.15. The van der Waals surface area contributed by atoms with E-state index in [0.717, 1.165) is 5.75 Å². The summed E-state index contributed by atoms with van der Waals surface area (Å²) in [6, 6.07) is 21.0.